The summed E-state index contributed by atoms with van der Waals surface area (Å²) in [7, 11) is 0. The van der Waals surface area contributed by atoms with Gasteiger partial charge in [-0.25, -0.2) is 0 Å². The molecule has 1 aromatic heterocycles. The molecule has 0 atom stereocenters. The molecule has 1 heteroatoms. The second-order valence-corrected chi connectivity index (χ2v) is 12.0. The highest BCUT2D eigenvalue weighted by atomic mass is 32.1. The lowest BCUT2D eigenvalue weighted by Crippen LogP contribution is -1.94. The molecule has 0 radical (unpaired) electrons. The van der Waals surface area contributed by atoms with Crippen molar-refractivity contribution in [2.75, 3.05) is 0 Å². The van der Waals surface area contributed by atoms with Crippen LogP contribution in [0.15, 0.2) is 133 Å². The van der Waals surface area contributed by atoms with Crippen molar-refractivity contribution in [3.8, 4) is 33.4 Å². The van der Waals surface area contributed by atoms with Crippen LogP contribution in [0.4, 0.5) is 0 Å². The van der Waals surface area contributed by atoms with Gasteiger partial charge >= 0.3 is 0 Å². The Balaban J connectivity index is 1.49. The Bertz CT molecular complexity index is 2220. The van der Waals surface area contributed by atoms with E-state index in [1.54, 1.807) is 0 Å². The molecule has 1 heterocycles. The molecule has 0 nitrogen and oxygen atoms in total. The van der Waals surface area contributed by atoms with Crippen molar-refractivity contribution >= 4 is 53.1 Å². The van der Waals surface area contributed by atoms with Gasteiger partial charge in [0.25, 0.3) is 0 Å². The zero-order valence-corrected chi connectivity index (χ0v) is 23.9. The van der Waals surface area contributed by atoms with E-state index in [4.69, 9.17) is 0 Å². The molecule has 0 spiro atoms. The Morgan fingerprint density at radius 3 is 1.51 bits per heavy atom. The van der Waals surface area contributed by atoms with Crippen molar-refractivity contribution < 1.29 is 0 Å². The fraction of sp³-hybridized carbons (Fsp3) is 0.0500. The predicted molar refractivity (Wildman–Crippen MR) is 180 cm³/mol. The number of rotatable bonds is 3. The third-order valence-electron chi connectivity index (χ3n) is 8.64. The van der Waals surface area contributed by atoms with Crippen LogP contribution in [0.25, 0.3) is 75.1 Å². The second-order valence-electron chi connectivity index (χ2n) is 10.9. The van der Waals surface area contributed by atoms with Crippen LogP contribution in [0.5, 0.6) is 0 Å². The van der Waals surface area contributed by atoms with Crippen LogP contribution in [0.1, 0.15) is 11.1 Å². The molecule has 8 rings (SSSR count). The maximum absolute atomic E-state index is 2.32. The number of aryl methyl sites for hydroxylation is 1. The van der Waals surface area contributed by atoms with Crippen LogP contribution in [0.3, 0.4) is 0 Å². The number of benzene rings is 7. The first-order valence-corrected chi connectivity index (χ1v) is 15.0. The summed E-state index contributed by atoms with van der Waals surface area (Å²) >= 11 is 1.90. The van der Waals surface area contributed by atoms with E-state index in [0.29, 0.717) is 0 Å². The van der Waals surface area contributed by atoms with Gasteiger partial charge in [0.2, 0.25) is 0 Å². The van der Waals surface area contributed by atoms with E-state index in [-0.39, 0.29) is 0 Å². The number of hydrogen-bond donors (Lipinski definition) is 0. The van der Waals surface area contributed by atoms with Crippen molar-refractivity contribution in [1.29, 1.82) is 0 Å². The van der Waals surface area contributed by atoms with Crippen LogP contribution in [-0.4, -0.2) is 0 Å². The van der Waals surface area contributed by atoms with Gasteiger partial charge in [-0.05, 0) is 80.4 Å². The van der Waals surface area contributed by atoms with E-state index in [2.05, 4.69) is 147 Å². The Labute approximate surface area is 244 Å². The summed E-state index contributed by atoms with van der Waals surface area (Å²) in [4.78, 5) is 0. The zero-order chi connectivity index (χ0) is 27.5. The maximum Gasteiger partial charge on any atom is 0.0434 e. The molecule has 0 amide bonds. The third kappa shape index (κ3) is 3.66. The lowest BCUT2D eigenvalue weighted by molar-refractivity contribution is 1.41. The normalized spacial score (nSPS) is 11.7. The first kappa shape index (κ1) is 24.1. The van der Waals surface area contributed by atoms with Gasteiger partial charge in [-0.3, -0.25) is 0 Å². The minimum absolute atomic E-state index is 1.30. The van der Waals surface area contributed by atoms with Crippen molar-refractivity contribution in [1.82, 2.24) is 0 Å². The predicted octanol–water partition coefficient (Wildman–Crippen LogP) is 12.0. The smallest absolute Gasteiger partial charge is 0.0434 e. The highest BCUT2D eigenvalue weighted by Crippen LogP contribution is 2.48. The Morgan fingerprint density at radius 1 is 0.366 bits per heavy atom. The van der Waals surface area contributed by atoms with Crippen LogP contribution in [0.2, 0.25) is 0 Å². The van der Waals surface area contributed by atoms with Gasteiger partial charge in [-0.15, -0.1) is 11.3 Å². The molecule has 194 valence electrons. The molecule has 0 N–H and O–H groups in total. The Morgan fingerprint density at radius 2 is 0.829 bits per heavy atom. The number of hydrogen-bond acceptors (Lipinski definition) is 1. The molecular formula is C40H28S. The molecule has 0 aliphatic heterocycles. The first-order valence-electron chi connectivity index (χ1n) is 14.2. The van der Waals surface area contributed by atoms with Gasteiger partial charge in [-0.1, -0.05) is 127 Å². The van der Waals surface area contributed by atoms with E-state index < -0.39 is 0 Å². The van der Waals surface area contributed by atoms with E-state index >= 15 is 0 Å². The molecular weight excluding hydrogens is 513 g/mol. The van der Waals surface area contributed by atoms with Gasteiger partial charge in [0.05, 0.1) is 0 Å². The summed E-state index contributed by atoms with van der Waals surface area (Å²) in [5, 5.41) is 7.86. The molecule has 0 fully saturated rings. The summed E-state index contributed by atoms with van der Waals surface area (Å²) in [6.45, 7) is 4.49. The lowest BCUT2D eigenvalue weighted by atomic mass is 9.83. The standard InChI is InChI=1S/C40H28S/c1-25-13-3-4-14-27(25)28-20-11-21-29(26(28)2)38-31-16-5-7-18-33(31)39(34-19-8-6-17-32(34)38)36-23-12-22-35-30-15-9-10-24-37(30)41-40(35)36/h3-24H,1-2H3. The van der Waals surface area contributed by atoms with E-state index in [0.717, 1.165) is 0 Å². The summed E-state index contributed by atoms with van der Waals surface area (Å²) in [5.74, 6) is 0. The topological polar surface area (TPSA) is 0 Å². The van der Waals surface area contributed by atoms with Crippen LogP contribution >= 0.6 is 11.3 Å². The summed E-state index contributed by atoms with van der Waals surface area (Å²) in [6, 6.07) is 49.1. The van der Waals surface area contributed by atoms with Gasteiger partial charge in [-0.2, -0.15) is 0 Å². The fourth-order valence-corrected chi connectivity index (χ4v) is 7.95. The van der Waals surface area contributed by atoms with Crippen molar-refractivity contribution in [2.45, 2.75) is 13.8 Å². The molecule has 0 bridgehead atoms. The quantitative estimate of drug-likeness (QED) is 0.196. The molecule has 8 aromatic rings. The van der Waals surface area contributed by atoms with Gasteiger partial charge < -0.3 is 0 Å². The van der Waals surface area contributed by atoms with Crippen molar-refractivity contribution in [3.05, 3.63) is 145 Å². The van der Waals surface area contributed by atoms with Gasteiger partial charge in [0.1, 0.15) is 0 Å². The summed E-state index contributed by atoms with van der Waals surface area (Å²) in [6.07, 6.45) is 0. The number of thiophene rings is 1. The molecule has 0 aliphatic rings. The largest absolute Gasteiger partial charge is 0.135 e. The Hall–Kier alpha value is -4.72. The maximum atomic E-state index is 2.32. The monoisotopic (exact) mass is 540 g/mol. The minimum atomic E-state index is 1.30. The highest BCUT2D eigenvalue weighted by molar-refractivity contribution is 7.26. The van der Waals surface area contributed by atoms with Crippen LogP contribution < -0.4 is 0 Å². The van der Waals surface area contributed by atoms with Gasteiger partial charge in [0.15, 0.2) is 0 Å². The van der Waals surface area contributed by atoms with E-state index in [1.165, 1.54) is 86.2 Å². The lowest BCUT2D eigenvalue weighted by Gasteiger charge is -2.20. The van der Waals surface area contributed by atoms with Gasteiger partial charge in [0, 0.05) is 25.7 Å². The minimum Gasteiger partial charge on any atom is -0.135 e. The average molecular weight is 541 g/mol. The average Bonchev–Trinajstić information content (AvgIpc) is 3.40. The van der Waals surface area contributed by atoms with Crippen molar-refractivity contribution in [2.24, 2.45) is 0 Å². The summed E-state index contributed by atoms with van der Waals surface area (Å²) in [5.41, 5.74) is 10.5. The van der Waals surface area contributed by atoms with Crippen LogP contribution in [-0.2, 0) is 0 Å². The molecule has 0 unspecified atom stereocenters. The molecule has 0 saturated carbocycles. The van der Waals surface area contributed by atoms with Crippen LogP contribution in [0, 0.1) is 13.8 Å². The Kier molecular flexibility index (Phi) is 5.55. The molecule has 0 saturated heterocycles. The highest BCUT2D eigenvalue weighted by Gasteiger charge is 2.20. The van der Waals surface area contributed by atoms with Crippen molar-refractivity contribution in [3.63, 3.8) is 0 Å². The third-order valence-corrected chi connectivity index (χ3v) is 9.86. The second kappa shape index (κ2) is 9.44. The van der Waals surface area contributed by atoms with E-state index in [9.17, 15) is 0 Å². The zero-order valence-electron chi connectivity index (χ0n) is 23.1. The SMILES string of the molecule is Cc1ccccc1-c1cccc(-c2c3ccccc3c(-c3cccc4c3sc3ccccc34)c3ccccc23)c1C. The first-order chi connectivity index (χ1) is 20.2. The summed E-state index contributed by atoms with van der Waals surface area (Å²) < 4.78 is 2.69. The molecule has 41 heavy (non-hydrogen) atoms. The molecule has 0 aliphatic carbocycles. The molecule has 7 aromatic carbocycles. The van der Waals surface area contributed by atoms with E-state index in [1.807, 2.05) is 11.3 Å². The number of fused-ring (bicyclic) bond motifs is 5. The fourth-order valence-electron chi connectivity index (χ4n) is 6.73.